The highest BCUT2D eigenvalue weighted by atomic mass is 127. The molecule has 2 aromatic rings. The predicted octanol–water partition coefficient (Wildman–Crippen LogP) is 1.91. The van der Waals surface area contributed by atoms with Crippen LogP contribution in [-0.4, -0.2) is 36.5 Å². The summed E-state index contributed by atoms with van der Waals surface area (Å²) in [5.74, 6) is 0. The van der Waals surface area contributed by atoms with E-state index in [1.54, 1.807) is 31.3 Å². The van der Waals surface area contributed by atoms with E-state index in [2.05, 4.69) is 5.10 Å². The van der Waals surface area contributed by atoms with Crippen LogP contribution in [0.15, 0.2) is 41.4 Å². The number of hydrogen-bond donors (Lipinski definition) is 1. The van der Waals surface area contributed by atoms with Crippen LogP contribution in [-0.2, 0) is 19.8 Å². The molecule has 0 aliphatic heterocycles. The molecule has 1 heterocycles. The second-order valence-corrected chi connectivity index (χ2v) is 7.99. The second-order valence-electron chi connectivity index (χ2n) is 5.27. The molecule has 0 spiro atoms. The third kappa shape index (κ3) is 3.86. The number of aryl methyl sites for hydroxylation is 1. The minimum atomic E-state index is -3.88. The largest absolute Gasteiger partial charge is 0.394 e. The Balaban J connectivity index is 2.17. The van der Waals surface area contributed by atoms with Crippen LogP contribution in [0.25, 0.3) is 0 Å². The van der Waals surface area contributed by atoms with Gasteiger partial charge in [0.2, 0.25) is 0 Å². The highest BCUT2D eigenvalue weighted by molar-refractivity contribution is 14.1. The van der Waals surface area contributed by atoms with E-state index in [1.807, 2.05) is 29.5 Å². The minimum absolute atomic E-state index is 0.0911. The summed E-state index contributed by atoms with van der Waals surface area (Å²) in [7, 11) is -3.88. The lowest BCUT2D eigenvalue weighted by Gasteiger charge is -2.27. The van der Waals surface area contributed by atoms with Crippen LogP contribution in [0.1, 0.15) is 12.5 Å². The maximum absolute atomic E-state index is 12.2. The smallest absolute Gasteiger partial charge is 0.297 e. The summed E-state index contributed by atoms with van der Waals surface area (Å²) in [6, 6.07) is 8.17. The first kappa shape index (κ1) is 17.4. The van der Waals surface area contributed by atoms with Crippen molar-refractivity contribution in [3.63, 3.8) is 0 Å². The lowest BCUT2D eigenvalue weighted by molar-refractivity contribution is 0.0816. The van der Waals surface area contributed by atoms with Crippen molar-refractivity contribution in [1.82, 2.24) is 9.78 Å². The zero-order valence-corrected chi connectivity index (χ0v) is 15.2. The molecule has 0 aliphatic carbocycles. The Kier molecular flexibility index (Phi) is 5.25. The van der Waals surface area contributed by atoms with Gasteiger partial charge in [-0.25, -0.2) is 0 Å². The molecular formula is C14H17IN2O4S. The van der Waals surface area contributed by atoms with Crippen molar-refractivity contribution < 1.29 is 17.7 Å². The molecule has 8 heteroatoms. The van der Waals surface area contributed by atoms with Gasteiger partial charge in [0, 0.05) is 6.20 Å². The van der Waals surface area contributed by atoms with Crippen LogP contribution in [0.2, 0.25) is 0 Å². The van der Waals surface area contributed by atoms with Crippen molar-refractivity contribution in [3.05, 3.63) is 45.8 Å². The van der Waals surface area contributed by atoms with Crippen molar-refractivity contribution in [3.8, 4) is 0 Å². The van der Waals surface area contributed by atoms with Crippen LogP contribution in [0, 0.1) is 10.6 Å². The SMILES string of the molecule is Cc1ccc(S(=O)(=O)OCC(C)(CO)n2ccc(I)n2)cc1. The van der Waals surface area contributed by atoms with Crippen LogP contribution in [0.4, 0.5) is 0 Å². The molecule has 1 aromatic carbocycles. The van der Waals surface area contributed by atoms with E-state index in [4.69, 9.17) is 4.18 Å². The topological polar surface area (TPSA) is 81.4 Å². The van der Waals surface area contributed by atoms with Crippen LogP contribution in [0.5, 0.6) is 0 Å². The normalized spacial score (nSPS) is 14.7. The van der Waals surface area contributed by atoms with E-state index in [-0.39, 0.29) is 18.1 Å². The number of nitrogens with zero attached hydrogens (tertiary/aromatic N) is 2. The van der Waals surface area contributed by atoms with Gasteiger partial charge in [0.05, 0.1) is 18.1 Å². The van der Waals surface area contributed by atoms with Gasteiger partial charge in [-0.3, -0.25) is 8.86 Å². The fourth-order valence-corrected chi connectivity index (χ4v) is 3.17. The lowest BCUT2D eigenvalue weighted by atomic mass is 10.1. The maximum Gasteiger partial charge on any atom is 0.297 e. The summed E-state index contributed by atoms with van der Waals surface area (Å²) < 4.78 is 31.8. The zero-order chi connectivity index (χ0) is 16.4. The Bertz CT molecular complexity index is 742. The Hall–Kier alpha value is -0.970. The van der Waals surface area contributed by atoms with Crippen molar-refractivity contribution in [2.75, 3.05) is 13.2 Å². The van der Waals surface area contributed by atoms with Gasteiger partial charge in [-0.05, 0) is 54.6 Å². The molecule has 1 unspecified atom stereocenters. The van der Waals surface area contributed by atoms with Crippen LogP contribution >= 0.6 is 22.6 Å². The number of rotatable bonds is 6. The molecule has 6 nitrogen and oxygen atoms in total. The summed E-state index contributed by atoms with van der Waals surface area (Å²) in [5.41, 5.74) is 0.00605. The number of halogens is 1. The highest BCUT2D eigenvalue weighted by Crippen LogP contribution is 2.20. The van der Waals surface area contributed by atoms with Crippen molar-refractivity contribution in [1.29, 1.82) is 0 Å². The van der Waals surface area contributed by atoms with Crippen molar-refractivity contribution in [2.24, 2.45) is 0 Å². The van der Waals surface area contributed by atoms with Crippen LogP contribution in [0.3, 0.4) is 0 Å². The molecule has 0 aliphatic rings. The molecule has 1 aromatic heterocycles. The third-order valence-corrected chi connectivity index (χ3v) is 5.14. The Morgan fingerprint density at radius 2 is 1.95 bits per heavy atom. The standard InChI is InChI=1S/C14H17IN2O4S/c1-11-3-5-12(6-4-11)22(19,20)21-10-14(2,9-18)17-8-7-13(15)16-17/h3-8,18H,9-10H2,1-2H3. The summed E-state index contributed by atoms with van der Waals surface area (Å²) in [5, 5.41) is 13.8. The first-order valence-corrected chi connectivity index (χ1v) is 9.04. The number of aromatic nitrogens is 2. The summed E-state index contributed by atoms with van der Waals surface area (Å²) >= 11 is 2.04. The molecule has 2 rings (SSSR count). The van der Waals surface area contributed by atoms with Gasteiger partial charge < -0.3 is 5.11 Å². The van der Waals surface area contributed by atoms with E-state index in [0.717, 1.165) is 9.26 Å². The highest BCUT2D eigenvalue weighted by Gasteiger charge is 2.30. The van der Waals surface area contributed by atoms with E-state index in [0.29, 0.717) is 0 Å². The lowest BCUT2D eigenvalue weighted by Crippen LogP contribution is -2.40. The number of hydrogen-bond acceptors (Lipinski definition) is 5. The maximum atomic E-state index is 12.2. The number of aliphatic hydroxyl groups is 1. The monoisotopic (exact) mass is 436 g/mol. The molecule has 0 bridgehead atoms. The van der Waals surface area contributed by atoms with E-state index >= 15 is 0 Å². The van der Waals surface area contributed by atoms with Gasteiger partial charge in [-0.15, -0.1) is 0 Å². The molecule has 1 N–H and O–H groups in total. The molecule has 22 heavy (non-hydrogen) atoms. The first-order valence-electron chi connectivity index (χ1n) is 6.55. The average Bonchev–Trinajstić information content (AvgIpc) is 2.92. The number of aliphatic hydroxyl groups excluding tert-OH is 1. The van der Waals surface area contributed by atoms with Gasteiger partial charge in [0.25, 0.3) is 10.1 Å². The first-order chi connectivity index (χ1) is 10.3. The van der Waals surface area contributed by atoms with E-state index < -0.39 is 15.7 Å². The average molecular weight is 436 g/mol. The Morgan fingerprint density at radius 1 is 1.32 bits per heavy atom. The van der Waals surface area contributed by atoms with Crippen LogP contribution < -0.4 is 0 Å². The van der Waals surface area contributed by atoms with Crippen molar-refractivity contribution >= 4 is 32.7 Å². The quantitative estimate of drug-likeness (QED) is 0.553. The molecular weight excluding hydrogens is 419 g/mol. The van der Waals surface area contributed by atoms with E-state index in [9.17, 15) is 13.5 Å². The molecule has 1 atom stereocenters. The number of benzene rings is 1. The van der Waals surface area contributed by atoms with Gasteiger partial charge in [0.15, 0.2) is 0 Å². The predicted molar refractivity (Wildman–Crippen MR) is 90.0 cm³/mol. The zero-order valence-electron chi connectivity index (χ0n) is 12.2. The summed E-state index contributed by atoms with van der Waals surface area (Å²) in [4.78, 5) is 0.0911. The van der Waals surface area contributed by atoms with Crippen molar-refractivity contribution in [2.45, 2.75) is 24.3 Å². The molecule has 120 valence electrons. The van der Waals surface area contributed by atoms with Gasteiger partial charge >= 0.3 is 0 Å². The van der Waals surface area contributed by atoms with Gasteiger partial charge in [-0.2, -0.15) is 13.5 Å². The fourth-order valence-electron chi connectivity index (χ4n) is 1.76. The summed E-state index contributed by atoms with van der Waals surface area (Å²) in [6.45, 7) is 3.05. The fraction of sp³-hybridized carbons (Fsp3) is 0.357. The van der Waals surface area contributed by atoms with Gasteiger partial charge in [0.1, 0.15) is 9.24 Å². The molecule has 0 saturated heterocycles. The summed E-state index contributed by atoms with van der Waals surface area (Å²) in [6.07, 6.45) is 1.68. The molecule has 0 radical (unpaired) electrons. The van der Waals surface area contributed by atoms with Gasteiger partial charge in [-0.1, -0.05) is 17.7 Å². The van der Waals surface area contributed by atoms with E-state index in [1.165, 1.54) is 16.8 Å². The molecule has 0 fully saturated rings. The Morgan fingerprint density at radius 3 is 2.45 bits per heavy atom. The third-order valence-electron chi connectivity index (χ3n) is 3.28. The Labute approximate surface area is 143 Å². The molecule has 0 amide bonds. The molecule has 0 saturated carbocycles. The second kappa shape index (κ2) is 6.65. The minimum Gasteiger partial charge on any atom is -0.394 e.